The van der Waals surface area contributed by atoms with Crippen LogP contribution in [0.1, 0.15) is 22.3 Å². The fourth-order valence-electron chi connectivity index (χ4n) is 6.50. The second-order valence-electron chi connectivity index (χ2n) is 12.4. The summed E-state index contributed by atoms with van der Waals surface area (Å²) in [5.74, 6) is 0. The van der Waals surface area contributed by atoms with Crippen LogP contribution in [0.3, 0.4) is 0 Å². The van der Waals surface area contributed by atoms with Crippen LogP contribution < -0.4 is 0 Å². The molecule has 8 aromatic carbocycles. The van der Waals surface area contributed by atoms with Gasteiger partial charge in [0.1, 0.15) is 0 Å². The van der Waals surface area contributed by atoms with Gasteiger partial charge in [0.05, 0.1) is 22.8 Å². The van der Waals surface area contributed by atoms with E-state index < -0.39 is 0 Å². The Hall–Kier alpha value is -3.77. The van der Waals surface area contributed by atoms with Crippen molar-refractivity contribution in [3.63, 3.8) is 0 Å². The Morgan fingerprint density at radius 1 is 0.364 bits per heavy atom. The van der Waals surface area contributed by atoms with Crippen LogP contribution in [0.25, 0.3) is 32.7 Å². The molecule has 0 amide bonds. The molecule has 274 valence electrons. The monoisotopic (exact) mass is 964 g/mol. The van der Waals surface area contributed by atoms with Crippen molar-refractivity contribution in [3.8, 4) is 11.1 Å². The van der Waals surface area contributed by atoms with Crippen molar-refractivity contribution in [2.75, 3.05) is 0 Å². The molecule has 2 nitrogen and oxygen atoms in total. The molecule has 0 saturated heterocycles. The van der Waals surface area contributed by atoms with Crippen LogP contribution in [0.15, 0.2) is 180 Å². The van der Waals surface area contributed by atoms with Gasteiger partial charge in [0, 0.05) is 53.5 Å². The predicted molar refractivity (Wildman–Crippen MR) is 241 cm³/mol. The second-order valence-corrected chi connectivity index (χ2v) is 19.1. The number of benzene rings is 8. The van der Waals surface area contributed by atoms with Gasteiger partial charge in [-0.15, -0.1) is 0 Å². The molecule has 0 radical (unpaired) electrons. The second kappa shape index (κ2) is 18.5. The average molecular weight is 969 g/mol. The normalized spacial score (nSPS) is 10.9. The van der Waals surface area contributed by atoms with E-state index in [2.05, 4.69) is 101 Å². The van der Waals surface area contributed by atoms with Gasteiger partial charge in [0.15, 0.2) is 0 Å². The predicted octanol–water partition coefficient (Wildman–Crippen LogP) is 16.3. The molecule has 0 aliphatic carbocycles. The Morgan fingerprint density at radius 3 is 0.927 bits per heavy atom. The summed E-state index contributed by atoms with van der Waals surface area (Å²) >= 11 is 31.4. The Morgan fingerprint density at radius 2 is 0.636 bits per heavy atom. The third-order valence-corrected chi connectivity index (χ3v) is 10.0. The van der Waals surface area contributed by atoms with Crippen LogP contribution in [-0.4, -0.2) is 11.4 Å². The van der Waals surface area contributed by atoms with Crippen molar-refractivity contribution < 1.29 is 10.9 Å². The first-order chi connectivity index (χ1) is 26.8. The SMILES string of the molecule is Clc1ccc(C(=Nc2ccc3ccccc3c2-c2c(N=C(c3ccc(Cl)cc3)c3ccc(Cl)cc3)ccc3ccccc23)c2ccc(Cl)cc2)cc1.[Br][Ni][Br]. The van der Waals surface area contributed by atoms with E-state index >= 15 is 0 Å². The van der Waals surface area contributed by atoms with Gasteiger partial charge in [-0.2, -0.15) is 0 Å². The van der Waals surface area contributed by atoms with Crippen molar-refractivity contribution in [2.24, 2.45) is 9.98 Å². The van der Waals surface area contributed by atoms with Gasteiger partial charge >= 0.3 is 39.3 Å². The van der Waals surface area contributed by atoms with Gasteiger partial charge < -0.3 is 0 Å². The zero-order valence-corrected chi connectivity index (χ0v) is 35.8. The zero-order valence-electron chi connectivity index (χ0n) is 28.6. The Bertz CT molecular complexity index is 2380. The average Bonchev–Trinajstić information content (AvgIpc) is 3.21. The molecule has 8 rings (SSSR count). The molecule has 0 aliphatic rings. The van der Waals surface area contributed by atoms with Gasteiger partial charge in [-0.05, 0) is 82.2 Å². The van der Waals surface area contributed by atoms with E-state index in [0.717, 1.165) is 77.7 Å². The van der Waals surface area contributed by atoms with Gasteiger partial charge in [0.2, 0.25) is 0 Å². The molecule has 0 N–H and O–H groups in total. The number of nitrogens with zero attached hydrogens (tertiary/aromatic N) is 2. The fraction of sp³-hybridized carbons (Fsp3) is 0. The maximum absolute atomic E-state index is 6.35. The van der Waals surface area contributed by atoms with Gasteiger partial charge in [0.25, 0.3) is 0 Å². The number of halogens is 6. The van der Waals surface area contributed by atoms with Crippen molar-refractivity contribution in [3.05, 3.63) is 212 Å². The molecule has 0 spiro atoms. The third-order valence-electron chi connectivity index (χ3n) is 9.00. The summed E-state index contributed by atoms with van der Waals surface area (Å²) in [6, 6.07) is 56.3. The first-order valence-electron chi connectivity index (χ1n) is 16.9. The first-order valence-corrected chi connectivity index (χ1v) is 23.3. The fourth-order valence-corrected chi connectivity index (χ4v) is 7.00. The molecule has 55 heavy (non-hydrogen) atoms. The molecule has 8 aromatic rings. The summed E-state index contributed by atoms with van der Waals surface area (Å²) in [6.45, 7) is 0. The molecular formula is C46H28Br2Cl4N2Ni. The number of rotatable bonds is 7. The summed E-state index contributed by atoms with van der Waals surface area (Å²) in [4.78, 5) is 11.0. The maximum atomic E-state index is 6.35. The van der Waals surface area contributed by atoms with E-state index in [9.17, 15) is 0 Å². The van der Waals surface area contributed by atoms with E-state index in [4.69, 9.17) is 56.4 Å². The van der Waals surface area contributed by atoms with E-state index in [1.54, 1.807) is 0 Å². The Kier molecular flexibility index (Phi) is 13.2. The minimum atomic E-state index is 0.654. The third kappa shape index (κ3) is 9.28. The van der Waals surface area contributed by atoms with E-state index in [1.165, 1.54) is 10.9 Å². The van der Waals surface area contributed by atoms with Crippen LogP contribution in [0, 0.1) is 0 Å². The van der Waals surface area contributed by atoms with Gasteiger partial charge in [-0.1, -0.05) is 156 Å². The minimum absolute atomic E-state index is 0.654. The van der Waals surface area contributed by atoms with Gasteiger partial charge in [-0.25, -0.2) is 9.98 Å². The summed E-state index contributed by atoms with van der Waals surface area (Å²) in [6.07, 6.45) is 0. The summed E-state index contributed by atoms with van der Waals surface area (Å²) < 4.78 is 0. The first kappa shape index (κ1) is 39.5. The van der Waals surface area contributed by atoms with Gasteiger partial charge in [-0.3, -0.25) is 0 Å². The number of hydrogen-bond donors (Lipinski definition) is 0. The van der Waals surface area contributed by atoms with Crippen molar-refractivity contribution in [1.82, 2.24) is 0 Å². The molecule has 0 aromatic heterocycles. The topological polar surface area (TPSA) is 24.7 Å². The van der Waals surface area contributed by atoms with Crippen LogP contribution in [0.5, 0.6) is 0 Å². The van der Waals surface area contributed by atoms with Crippen molar-refractivity contribution in [1.29, 1.82) is 0 Å². The number of fused-ring (bicyclic) bond motifs is 2. The quantitative estimate of drug-likeness (QED) is 0.112. The number of aliphatic imine (C=N–C) groups is 2. The molecule has 9 heteroatoms. The Labute approximate surface area is 360 Å². The molecule has 0 aliphatic heterocycles. The molecule has 0 bridgehead atoms. The van der Waals surface area contributed by atoms with Crippen LogP contribution in [-0.2, 0) is 10.9 Å². The standard InChI is InChI=1S/C46H28Cl4N2.2BrH.Ni/c47-35-19-9-31(10-20-35)45(32-11-21-36(48)22-12-32)51-41-27-17-29-5-1-3-7-39(29)43(41)44-40-8-4-2-6-30(40)18-28-42(44)52-46(33-13-23-37(49)24-14-33)34-15-25-38(50)26-16-34;;;/h1-28H;2*1H;/q;;;+2/p-2. The summed E-state index contributed by atoms with van der Waals surface area (Å²) in [5, 5.41) is 6.92. The molecular weight excluding hydrogens is 941 g/mol. The van der Waals surface area contributed by atoms with Crippen molar-refractivity contribution >= 4 is 119 Å². The molecule has 0 saturated carbocycles. The number of hydrogen-bond acceptors (Lipinski definition) is 2. The summed E-state index contributed by atoms with van der Waals surface area (Å²) in [7, 11) is 1.25. The van der Waals surface area contributed by atoms with E-state index in [0.29, 0.717) is 20.1 Å². The molecule has 0 unspecified atom stereocenters. The molecule has 0 fully saturated rings. The zero-order chi connectivity index (χ0) is 38.3. The van der Waals surface area contributed by atoms with Crippen molar-refractivity contribution in [2.45, 2.75) is 0 Å². The summed E-state index contributed by atoms with van der Waals surface area (Å²) in [5.41, 5.74) is 8.82. The van der Waals surface area contributed by atoms with Crippen LogP contribution in [0.4, 0.5) is 11.4 Å². The van der Waals surface area contributed by atoms with Crippen LogP contribution >= 0.6 is 74.9 Å². The Balaban J connectivity index is 0.00000150. The molecule has 0 heterocycles. The van der Waals surface area contributed by atoms with E-state index in [1.807, 2.05) is 97.1 Å². The van der Waals surface area contributed by atoms with Crippen LogP contribution in [0.2, 0.25) is 20.1 Å². The van der Waals surface area contributed by atoms with E-state index in [-0.39, 0.29) is 0 Å². The molecule has 0 atom stereocenters.